The van der Waals surface area contributed by atoms with Crippen molar-refractivity contribution in [2.75, 3.05) is 0 Å². The van der Waals surface area contributed by atoms with Crippen LogP contribution in [-0.4, -0.2) is 11.2 Å². The molecule has 0 aromatic heterocycles. The van der Waals surface area contributed by atoms with E-state index in [2.05, 4.69) is 0 Å². The van der Waals surface area contributed by atoms with E-state index in [1.165, 1.54) is 0 Å². The third kappa shape index (κ3) is 1.28. The van der Waals surface area contributed by atoms with Crippen LogP contribution in [0.1, 0.15) is 5.56 Å². The molecular formula is C10H6Cl2O. The fourth-order valence-corrected chi connectivity index (χ4v) is 2.08. The number of hydrogen-bond acceptors (Lipinski definition) is 1. The summed E-state index contributed by atoms with van der Waals surface area (Å²) in [6.07, 6.45) is 0. The van der Waals surface area contributed by atoms with Crippen molar-refractivity contribution < 1.29 is 4.79 Å². The van der Waals surface area contributed by atoms with Crippen LogP contribution in [0, 0.1) is 0 Å². The Morgan fingerprint density at radius 1 is 1.15 bits per heavy atom. The molecule has 13 heavy (non-hydrogen) atoms. The molecule has 0 heterocycles. The third-order valence-corrected chi connectivity index (χ3v) is 2.83. The maximum absolute atomic E-state index is 11.0. The summed E-state index contributed by atoms with van der Waals surface area (Å²) in [4.78, 5) is 11.0. The van der Waals surface area contributed by atoms with Crippen LogP contribution in [-0.2, 0) is 4.79 Å². The fourth-order valence-electron chi connectivity index (χ4n) is 1.30. The molecule has 1 nitrogen and oxygen atoms in total. The Hall–Kier alpha value is -0.790. The van der Waals surface area contributed by atoms with Gasteiger partial charge in [0.05, 0.1) is 5.03 Å². The normalized spacial score (nSPS) is 21.7. The number of alkyl halides is 1. The Bertz CT molecular complexity index is 381. The van der Waals surface area contributed by atoms with E-state index < -0.39 is 5.38 Å². The molecule has 0 fully saturated rings. The summed E-state index contributed by atoms with van der Waals surface area (Å²) >= 11 is 11.5. The SMILES string of the molecule is O=C1C(Cl)=C(c2ccccc2)[C@@H]1Cl. The van der Waals surface area contributed by atoms with Crippen LogP contribution in [0.3, 0.4) is 0 Å². The van der Waals surface area contributed by atoms with Crippen LogP contribution in [0.2, 0.25) is 0 Å². The molecule has 0 amide bonds. The van der Waals surface area contributed by atoms with Gasteiger partial charge >= 0.3 is 0 Å². The second kappa shape index (κ2) is 3.17. The Labute approximate surface area is 86.0 Å². The average molecular weight is 213 g/mol. The number of ketones is 1. The minimum Gasteiger partial charge on any atom is -0.291 e. The molecule has 0 bridgehead atoms. The number of allylic oxidation sites excluding steroid dienone is 2. The lowest BCUT2D eigenvalue weighted by atomic mass is 9.90. The molecule has 1 aliphatic carbocycles. The van der Waals surface area contributed by atoms with Gasteiger partial charge in [-0.1, -0.05) is 41.9 Å². The maximum atomic E-state index is 11.0. The zero-order valence-electron chi connectivity index (χ0n) is 6.63. The van der Waals surface area contributed by atoms with Gasteiger partial charge in [-0.2, -0.15) is 0 Å². The first-order valence-electron chi connectivity index (χ1n) is 3.85. The van der Waals surface area contributed by atoms with E-state index in [1.807, 2.05) is 30.3 Å². The highest BCUT2D eigenvalue weighted by Gasteiger charge is 2.37. The first-order valence-corrected chi connectivity index (χ1v) is 4.66. The van der Waals surface area contributed by atoms with Crippen LogP contribution in [0.25, 0.3) is 5.57 Å². The Morgan fingerprint density at radius 3 is 2.31 bits per heavy atom. The zero-order chi connectivity index (χ0) is 9.42. The predicted octanol–water partition coefficient (Wildman–Crippen LogP) is 2.83. The summed E-state index contributed by atoms with van der Waals surface area (Å²) in [6.45, 7) is 0. The van der Waals surface area contributed by atoms with Crippen LogP contribution in [0.4, 0.5) is 0 Å². The molecule has 66 valence electrons. The van der Waals surface area contributed by atoms with E-state index in [-0.39, 0.29) is 10.8 Å². The van der Waals surface area contributed by atoms with Crippen LogP contribution >= 0.6 is 23.2 Å². The van der Waals surface area contributed by atoms with E-state index in [4.69, 9.17) is 23.2 Å². The van der Waals surface area contributed by atoms with Crippen molar-refractivity contribution in [1.82, 2.24) is 0 Å². The molecule has 0 aliphatic heterocycles. The minimum atomic E-state index is -0.560. The number of halogens is 2. The molecule has 0 radical (unpaired) electrons. The minimum absolute atomic E-state index is 0.179. The van der Waals surface area contributed by atoms with E-state index in [1.54, 1.807) is 0 Å². The smallest absolute Gasteiger partial charge is 0.196 e. The Balaban J connectivity index is 2.45. The fraction of sp³-hybridized carbons (Fsp3) is 0.100. The van der Waals surface area contributed by atoms with Gasteiger partial charge in [-0.25, -0.2) is 0 Å². The van der Waals surface area contributed by atoms with Gasteiger partial charge in [0.2, 0.25) is 0 Å². The summed E-state index contributed by atoms with van der Waals surface area (Å²) in [7, 11) is 0. The number of Topliss-reactive ketones (excluding diaryl/α,β-unsaturated/α-hetero) is 1. The molecular weight excluding hydrogens is 207 g/mol. The van der Waals surface area contributed by atoms with Gasteiger partial charge in [-0.05, 0) is 5.56 Å². The third-order valence-electron chi connectivity index (χ3n) is 2.02. The summed E-state index contributed by atoms with van der Waals surface area (Å²) < 4.78 is 0. The highest BCUT2D eigenvalue weighted by Crippen LogP contribution is 2.39. The van der Waals surface area contributed by atoms with Crippen molar-refractivity contribution in [3.8, 4) is 0 Å². The summed E-state index contributed by atoms with van der Waals surface area (Å²) in [5, 5.41) is -0.291. The van der Waals surface area contributed by atoms with Crippen molar-refractivity contribution in [2.45, 2.75) is 5.38 Å². The first kappa shape index (κ1) is 8.79. The Morgan fingerprint density at radius 2 is 1.77 bits per heavy atom. The van der Waals surface area contributed by atoms with Gasteiger partial charge in [0, 0.05) is 5.57 Å². The molecule has 3 heteroatoms. The number of carbonyl (C=O) groups excluding carboxylic acids is 1. The van der Waals surface area contributed by atoms with Crippen molar-refractivity contribution in [3.05, 3.63) is 40.9 Å². The Kier molecular flexibility index (Phi) is 2.14. The maximum Gasteiger partial charge on any atom is 0.196 e. The van der Waals surface area contributed by atoms with Crippen LogP contribution < -0.4 is 0 Å². The zero-order valence-corrected chi connectivity index (χ0v) is 8.14. The molecule has 1 aliphatic rings. The quantitative estimate of drug-likeness (QED) is 0.655. The van der Waals surface area contributed by atoms with Gasteiger partial charge in [0.15, 0.2) is 5.78 Å². The number of carbonyl (C=O) groups is 1. The highest BCUT2D eigenvalue weighted by atomic mass is 35.5. The second-order valence-corrected chi connectivity index (χ2v) is 3.63. The standard InChI is InChI=1S/C10H6Cl2O/c11-8-7(9(12)10(8)13)6-4-2-1-3-5-6/h1-5,8H/t8-/m0/s1. The van der Waals surface area contributed by atoms with Crippen LogP contribution in [0.15, 0.2) is 35.4 Å². The summed E-state index contributed by atoms with van der Waals surface area (Å²) in [6, 6.07) is 9.46. The molecule has 0 unspecified atom stereocenters. The summed E-state index contributed by atoms with van der Waals surface area (Å²) in [5.74, 6) is -0.179. The molecule has 0 N–H and O–H groups in total. The largest absolute Gasteiger partial charge is 0.291 e. The van der Waals surface area contributed by atoms with Gasteiger partial charge < -0.3 is 0 Å². The van der Waals surface area contributed by atoms with E-state index >= 15 is 0 Å². The van der Waals surface area contributed by atoms with Gasteiger partial charge in [-0.3, -0.25) is 4.79 Å². The molecule has 0 saturated heterocycles. The molecule has 1 aromatic rings. The number of hydrogen-bond donors (Lipinski definition) is 0. The lowest BCUT2D eigenvalue weighted by Crippen LogP contribution is -2.28. The van der Waals surface area contributed by atoms with E-state index in [0.29, 0.717) is 0 Å². The number of benzene rings is 1. The van der Waals surface area contributed by atoms with Crippen molar-refractivity contribution in [1.29, 1.82) is 0 Å². The second-order valence-electron chi connectivity index (χ2n) is 2.82. The van der Waals surface area contributed by atoms with Crippen molar-refractivity contribution >= 4 is 34.6 Å². The highest BCUT2D eigenvalue weighted by molar-refractivity contribution is 6.60. The van der Waals surface area contributed by atoms with Gasteiger partial charge in [-0.15, -0.1) is 11.6 Å². The summed E-state index contributed by atoms with van der Waals surface area (Å²) in [5.41, 5.74) is 1.67. The molecule has 0 spiro atoms. The lowest BCUT2D eigenvalue weighted by Gasteiger charge is -2.23. The average Bonchev–Trinajstić information content (AvgIpc) is 2.19. The molecule has 2 rings (SSSR count). The van der Waals surface area contributed by atoms with Crippen molar-refractivity contribution in [3.63, 3.8) is 0 Å². The van der Waals surface area contributed by atoms with Crippen molar-refractivity contribution in [2.24, 2.45) is 0 Å². The van der Waals surface area contributed by atoms with Crippen LogP contribution in [0.5, 0.6) is 0 Å². The molecule has 1 atom stereocenters. The van der Waals surface area contributed by atoms with E-state index in [0.717, 1.165) is 11.1 Å². The molecule has 0 saturated carbocycles. The first-order chi connectivity index (χ1) is 6.22. The number of rotatable bonds is 1. The van der Waals surface area contributed by atoms with Gasteiger partial charge in [0.25, 0.3) is 0 Å². The monoisotopic (exact) mass is 212 g/mol. The molecule has 1 aromatic carbocycles. The van der Waals surface area contributed by atoms with Gasteiger partial charge in [0.1, 0.15) is 5.38 Å². The predicted molar refractivity (Wildman–Crippen MR) is 53.9 cm³/mol. The van der Waals surface area contributed by atoms with E-state index in [9.17, 15) is 4.79 Å². The topological polar surface area (TPSA) is 17.1 Å². The lowest BCUT2D eigenvalue weighted by molar-refractivity contribution is -0.114.